The zero-order valence-corrected chi connectivity index (χ0v) is 9.02. The molecule has 1 heterocycles. The van der Waals surface area contributed by atoms with Gasteiger partial charge in [-0.2, -0.15) is 0 Å². The van der Waals surface area contributed by atoms with E-state index in [9.17, 15) is 0 Å². The van der Waals surface area contributed by atoms with E-state index in [1.54, 1.807) is 18.3 Å². The number of aromatic nitrogens is 1. The first-order chi connectivity index (χ1) is 7.79. The van der Waals surface area contributed by atoms with Crippen LogP contribution in [-0.4, -0.2) is 16.0 Å². The summed E-state index contributed by atoms with van der Waals surface area (Å²) in [5, 5.41) is 12.0. The lowest BCUT2D eigenvalue weighted by Gasteiger charge is -2.00. The highest BCUT2D eigenvalue weighted by atomic mass is 32.2. The van der Waals surface area contributed by atoms with E-state index >= 15 is 0 Å². The fraction of sp³-hybridized carbons (Fsp3) is 0. The molecule has 0 fully saturated rings. The summed E-state index contributed by atoms with van der Waals surface area (Å²) in [6, 6.07) is 7.23. The molecule has 0 aliphatic carbocycles. The van der Waals surface area contributed by atoms with Crippen LogP contribution in [0.25, 0.3) is 0 Å². The number of nitrogens with two attached hydrogens (primary N) is 1. The molecule has 0 bridgehead atoms. The fourth-order valence-corrected chi connectivity index (χ4v) is 1.80. The third-order valence-electron chi connectivity index (χ3n) is 1.87. The number of nitrogens with zero attached hydrogens (tertiary/aromatic N) is 2. The Morgan fingerprint density at radius 2 is 2.12 bits per heavy atom. The fourth-order valence-electron chi connectivity index (χ4n) is 1.11. The topological polar surface area (TPSA) is 84.6 Å². The molecule has 0 aliphatic rings. The Morgan fingerprint density at radius 1 is 1.38 bits per heavy atom. The Bertz CT molecular complexity index is 479. The van der Waals surface area contributed by atoms with E-state index in [0.717, 1.165) is 4.90 Å². The number of amidine groups is 1. The largest absolute Gasteiger partial charge is 0.440 e. The number of benzene rings is 1. The second kappa shape index (κ2) is 4.71. The first-order valence-corrected chi connectivity index (χ1v) is 5.26. The van der Waals surface area contributed by atoms with Gasteiger partial charge < -0.3 is 15.4 Å². The molecular weight excluding hydrogens is 226 g/mol. The van der Waals surface area contributed by atoms with Crippen LogP contribution in [-0.2, 0) is 0 Å². The van der Waals surface area contributed by atoms with Crippen LogP contribution in [0.15, 0.2) is 56.4 Å². The molecule has 3 N–H and O–H groups in total. The molecule has 1 aromatic carbocycles. The second-order valence-corrected chi connectivity index (χ2v) is 3.93. The van der Waals surface area contributed by atoms with Gasteiger partial charge in [-0.1, -0.05) is 17.3 Å². The van der Waals surface area contributed by atoms with Crippen molar-refractivity contribution in [2.45, 2.75) is 10.1 Å². The van der Waals surface area contributed by atoms with Crippen molar-refractivity contribution in [3.63, 3.8) is 0 Å². The van der Waals surface area contributed by atoms with Crippen molar-refractivity contribution in [1.82, 2.24) is 4.98 Å². The number of hydrogen-bond donors (Lipinski definition) is 2. The number of rotatable bonds is 3. The summed E-state index contributed by atoms with van der Waals surface area (Å²) in [5.41, 5.74) is 6.11. The molecule has 0 saturated carbocycles. The summed E-state index contributed by atoms with van der Waals surface area (Å²) in [5.74, 6) is 0.0904. The molecule has 82 valence electrons. The first-order valence-electron chi connectivity index (χ1n) is 4.45. The van der Waals surface area contributed by atoms with Gasteiger partial charge in [-0.05, 0) is 23.9 Å². The zero-order chi connectivity index (χ0) is 11.4. The van der Waals surface area contributed by atoms with Crippen LogP contribution < -0.4 is 5.73 Å². The van der Waals surface area contributed by atoms with Crippen LogP contribution in [0.4, 0.5) is 0 Å². The minimum atomic E-state index is 0.0904. The third kappa shape index (κ3) is 2.34. The minimum Gasteiger partial charge on any atom is -0.440 e. The van der Waals surface area contributed by atoms with Gasteiger partial charge in [-0.15, -0.1) is 0 Å². The van der Waals surface area contributed by atoms with Gasteiger partial charge in [0.05, 0.1) is 6.20 Å². The van der Waals surface area contributed by atoms with Gasteiger partial charge in [0.15, 0.2) is 5.84 Å². The molecule has 0 amide bonds. The lowest BCUT2D eigenvalue weighted by atomic mass is 10.2. The van der Waals surface area contributed by atoms with Gasteiger partial charge in [-0.25, -0.2) is 4.98 Å². The highest BCUT2D eigenvalue weighted by Crippen LogP contribution is 2.25. The third-order valence-corrected chi connectivity index (χ3v) is 2.76. The van der Waals surface area contributed by atoms with E-state index in [1.807, 2.05) is 12.1 Å². The summed E-state index contributed by atoms with van der Waals surface area (Å²) in [4.78, 5) is 4.96. The van der Waals surface area contributed by atoms with E-state index in [1.165, 1.54) is 18.0 Å². The molecule has 5 nitrogen and oxygen atoms in total. The van der Waals surface area contributed by atoms with Crippen molar-refractivity contribution in [1.29, 1.82) is 0 Å². The Labute approximate surface area is 96.0 Å². The van der Waals surface area contributed by atoms with Gasteiger partial charge >= 0.3 is 0 Å². The van der Waals surface area contributed by atoms with Crippen LogP contribution in [0.2, 0.25) is 0 Å². The van der Waals surface area contributed by atoms with Gasteiger partial charge in [0.25, 0.3) is 5.22 Å². The molecule has 0 saturated heterocycles. The van der Waals surface area contributed by atoms with Gasteiger partial charge in [0, 0.05) is 10.5 Å². The first kappa shape index (κ1) is 10.6. The van der Waals surface area contributed by atoms with Crippen LogP contribution in [0.1, 0.15) is 5.56 Å². The molecule has 2 aromatic rings. The zero-order valence-electron chi connectivity index (χ0n) is 8.20. The number of hydrogen-bond acceptors (Lipinski definition) is 5. The van der Waals surface area contributed by atoms with E-state index < -0.39 is 0 Å². The quantitative estimate of drug-likeness (QED) is 0.367. The van der Waals surface area contributed by atoms with Gasteiger partial charge in [0.2, 0.25) is 0 Å². The second-order valence-electron chi connectivity index (χ2n) is 2.91. The summed E-state index contributed by atoms with van der Waals surface area (Å²) >= 11 is 1.40. The smallest absolute Gasteiger partial charge is 0.260 e. The predicted octanol–water partition coefficient (Wildman–Crippen LogP) is 1.92. The Hall–Kier alpha value is -1.95. The normalized spacial score (nSPS) is 11.6. The molecule has 0 radical (unpaired) electrons. The van der Waals surface area contributed by atoms with Crippen LogP contribution in [0.5, 0.6) is 0 Å². The molecule has 0 atom stereocenters. The van der Waals surface area contributed by atoms with Crippen molar-refractivity contribution in [2.24, 2.45) is 10.9 Å². The van der Waals surface area contributed by atoms with Gasteiger partial charge in [-0.3, -0.25) is 0 Å². The maximum Gasteiger partial charge on any atom is 0.260 e. The molecule has 1 aromatic heterocycles. The molecular formula is C10H9N3O2S. The van der Waals surface area contributed by atoms with Crippen molar-refractivity contribution < 1.29 is 9.62 Å². The average Bonchev–Trinajstić information content (AvgIpc) is 2.82. The highest BCUT2D eigenvalue weighted by Gasteiger charge is 2.03. The molecule has 0 spiro atoms. The summed E-state index contributed by atoms with van der Waals surface area (Å²) in [6.07, 6.45) is 3.11. The molecule has 2 rings (SSSR count). The standard InChI is InChI=1S/C10H9N3O2S/c11-9(13-14)7-1-3-8(4-2-7)16-10-12-5-6-15-10/h1-6,14H,(H2,11,13). The maximum atomic E-state index is 8.50. The summed E-state index contributed by atoms with van der Waals surface area (Å²) < 4.78 is 5.10. The van der Waals surface area contributed by atoms with Crippen molar-refractivity contribution in [2.75, 3.05) is 0 Å². The van der Waals surface area contributed by atoms with Crippen LogP contribution >= 0.6 is 11.8 Å². The summed E-state index contributed by atoms with van der Waals surface area (Å²) in [7, 11) is 0. The monoisotopic (exact) mass is 235 g/mol. The van der Waals surface area contributed by atoms with E-state index in [-0.39, 0.29) is 5.84 Å². The Morgan fingerprint density at radius 3 is 2.69 bits per heavy atom. The Balaban J connectivity index is 2.14. The van der Waals surface area contributed by atoms with Crippen molar-refractivity contribution in [3.05, 3.63) is 42.3 Å². The highest BCUT2D eigenvalue weighted by molar-refractivity contribution is 7.99. The average molecular weight is 235 g/mol. The van der Waals surface area contributed by atoms with E-state index in [4.69, 9.17) is 15.4 Å². The number of oxime groups is 1. The predicted molar refractivity (Wildman–Crippen MR) is 59.6 cm³/mol. The lowest BCUT2D eigenvalue weighted by Crippen LogP contribution is -2.12. The molecule has 16 heavy (non-hydrogen) atoms. The molecule has 0 aliphatic heterocycles. The van der Waals surface area contributed by atoms with Crippen LogP contribution in [0.3, 0.4) is 0 Å². The maximum absolute atomic E-state index is 8.50. The summed E-state index contributed by atoms with van der Waals surface area (Å²) in [6.45, 7) is 0. The lowest BCUT2D eigenvalue weighted by molar-refractivity contribution is 0.318. The van der Waals surface area contributed by atoms with Gasteiger partial charge in [0.1, 0.15) is 6.26 Å². The van der Waals surface area contributed by atoms with E-state index in [0.29, 0.717) is 10.8 Å². The van der Waals surface area contributed by atoms with Crippen molar-refractivity contribution >= 4 is 17.6 Å². The minimum absolute atomic E-state index is 0.0904. The molecule has 0 unspecified atom stereocenters. The molecule has 6 heteroatoms. The Kier molecular flexibility index (Phi) is 3.11. The van der Waals surface area contributed by atoms with Crippen molar-refractivity contribution in [3.8, 4) is 0 Å². The SMILES string of the molecule is N/C(=N/O)c1ccc(Sc2ncco2)cc1. The van der Waals surface area contributed by atoms with E-state index in [2.05, 4.69) is 10.1 Å². The number of oxazole rings is 1. The van der Waals surface area contributed by atoms with Crippen LogP contribution in [0, 0.1) is 0 Å².